The van der Waals surface area contributed by atoms with Crippen molar-refractivity contribution >= 4 is 23.3 Å². The number of aliphatic carboxylic acids is 1. The van der Waals surface area contributed by atoms with E-state index >= 15 is 0 Å². The number of rotatable bonds is 8. The third kappa shape index (κ3) is 6.03. The van der Waals surface area contributed by atoms with E-state index in [1.165, 1.54) is 17.2 Å². The Labute approximate surface area is 205 Å². The van der Waals surface area contributed by atoms with E-state index < -0.39 is 11.8 Å². The lowest BCUT2D eigenvalue weighted by Crippen LogP contribution is -2.21. The average Bonchev–Trinajstić information content (AvgIpc) is 2.84. The van der Waals surface area contributed by atoms with Crippen LogP contribution in [0, 0.1) is 19.7 Å². The van der Waals surface area contributed by atoms with Gasteiger partial charge in [-0.1, -0.05) is 49.1 Å². The van der Waals surface area contributed by atoms with Crippen molar-refractivity contribution in [3.63, 3.8) is 0 Å². The standard InChI is InChI=1S/C29H29FN2O3/c1-6-27(21-11-14-25(26(30)16-21)20(4)31-17-28(33)34)32-29(35-5)22-12-13-24(19(3)15-22)23-10-8-7-9-18(23)2/h6-16,31H,4,17H2,1-3,5H3,(H,33,34). The number of carbonyl (C=O) groups is 1. The molecule has 0 unspecified atom stereocenters. The number of aryl methyl sites for hydroxylation is 2. The largest absolute Gasteiger partial charge is 0.481 e. The number of nitrogens with zero attached hydrogens (tertiary/aromatic N) is 1. The van der Waals surface area contributed by atoms with E-state index in [1.807, 2.05) is 31.2 Å². The summed E-state index contributed by atoms with van der Waals surface area (Å²) >= 11 is 0. The van der Waals surface area contributed by atoms with Crippen molar-refractivity contribution in [2.45, 2.75) is 20.8 Å². The summed E-state index contributed by atoms with van der Waals surface area (Å²) in [7, 11) is 1.55. The van der Waals surface area contributed by atoms with Crippen LogP contribution in [-0.2, 0) is 9.53 Å². The fraction of sp³-hybridized carbons (Fsp3) is 0.172. The Balaban J connectivity index is 1.91. The van der Waals surface area contributed by atoms with E-state index in [2.05, 4.69) is 48.9 Å². The molecule has 0 heterocycles. The van der Waals surface area contributed by atoms with Gasteiger partial charge in [-0.15, -0.1) is 0 Å². The second kappa shape index (κ2) is 11.3. The Morgan fingerprint density at radius 3 is 2.34 bits per heavy atom. The lowest BCUT2D eigenvalue weighted by Gasteiger charge is -2.13. The molecule has 180 valence electrons. The number of ether oxygens (including phenoxy) is 1. The summed E-state index contributed by atoms with van der Waals surface area (Å²) in [6.45, 7) is 9.33. The number of carboxylic acid groups (broad SMARTS) is 1. The zero-order valence-corrected chi connectivity index (χ0v) is 20.4. The molecule has 0 saturated carbocycles. The predicted molar refractivity (Wildman–Crippen MR) is 140 cm³/mol. The van der Waals surface area contributed by atoms with Gasteiger partial charge in [0.15, 0.2) is 0 Å². The third-order valence-corrected chi connectivity index (χ3v) is 5.64. The third-order valence-electron chi connectivity index (χ3n) is 5.64. The van der Waals surface area contributed by atoms with Crippen LogP contribution < -0.4 is 5.32 Å². The lowest BCUT2D eigenvalue weighted by atomic mass is 9.95. The topological polar surface area (TPSA) is 70.9 Å². The van der Waals surface area contributed by atoms with Crippen LogP contribution in [-0.4, -0.2) is 30.6 Å². The number of halogens is 1. The van der Waals surface area contributed by atoms with Crippen LogP contribution in [0.25, 0.3) is 22.5 Å². The van der Waals surface area contributed by atoms with Crippen molar-refractivity contribution in [2.24, 2.45) is 4.99 Å². The maximum atomic E-state index is 14.8. The van der Waals surface area contributed by atoms with Crippen molar-refractivity contribution in [2.75, 3.05) is 13.7 Å². The molecule has 0 atom stereocenters. The predicted octanol–water partition coefficient (Wildman–Crippen LogP) is 6.21. The number of nitrogens with one attached hydrogen (secondary N) is 1. The van der Waals surface area contributed by atoms with Gasteiger partial charge in [0, 0.05) is 22.4 Å². The first-order valence-electron chi connectivity index (χ1n) is 11.2. The molecule has 0 saturated heterocycles. The molecule has 0 bridgehead atoms. The second-order valence-corrected chi connectivity index (χ2v) is 8.06. The van der Waals surface area contributed by atoms with Gasteiger partial charge in [-0.2, -0.15) is 0 Å². The number of carboxylic acids is 1. The Morgan fingerprint density at radius 2 is 1.74 bits per heavy atom. The number of aliphatic imine (C=N–C) groups is 1. The fourth-order valence-corrected chi connectivity index (χ4v) is 3.80. The van der Waals surface area contributed by atoms with Crippen LogP contribution in [0.2, 0.25) is 0 Å². The van der Waals surface area contributed by atoms with E-state index in [9.17, 15) is 9.18 Å². The monoisotopic (exact) mass is 472 g/mol. The first kappa shape index (κ1) is 25.4. The summed E-state index contributed by atoms with van der Waals surface area (Å²) in [5, 5.41) is 11.4. The molecule has 6 heteroatoms. The van der Waals surface area contributed by atoms with E-state index in [0.29, 0.717) is 17.2 Å². The van der Waals surface area contributed by atoms with Crippen LogP contribution in [0.5, 0.6) is 0 Å². The molecule has 0 aliphatic rings. The summed E-state index contributed by atoms with van der Waals surface area (Å²) in [5.41, 5.74) is 6.91. The van der Waals surface area contributed by atoms with Crippen molar-refractivity contribution < 1.29 is 19.0 Å². The van der Waals surface area contributed by atoms with Crippen molar-refractivity contribution in [1.29, 1.82) is 0 Å². The number of hydrogen-bond acceptors (Lipinski definition) is 4. The van der Waals surface area contributed by atoms with Crippen LogP contribution >= 0.6 is 0 Å². The summed E-state index contributed by atoms with van der Waals surface area (Å²) in [5.74, 6) is -1.17. The van der Waals surface area contributed by atoms with Crippen molar-refractivity contribution in [3.8, 4) is 11.1 Å². The molecular formula is C29H29FN2O3. The maximum Gasteiger partial charge on any atom is 0.322 e. The fourth-order valence-electron chi connectivity index (χ4n) is 3.80. The van der Waals surface area contributed by atoms with Gasteiger partial charge < -0.3 is 15.2 Å². The molecule has 3 rings (SSSR count). The van der Waals surface area contributed by atoms with E-state index in [1.54, 1.807) is 25.3 Å². The highest BCUT2D eigenvalue weighted by molar-refractivity contribution is 5.98. The van der Waals surface area contributed by atoms with Gasteiger partial charge >= 0.3 is 5.97 Å². The Morgan fingerprint density at radius 1 is 1.06 bits per heavy atom. The molecular weight excluding hydrogens is 443 g/mol. The Kier molecular flexibility index (Phi) is 8.21. The van der Waals surface area contributed by atoms with Gasteiger partial charge in [0.2, 0.25) is 5.90 Å². The molecule has 3 aromatic rings. The van der Waals surface area contributed by atoms with Crippen molar-refractivity contribution in [3.05, 3.63) is 107 Å². The molecule has 0 aromatic heterocycles. The highest BCUT2D eigenvalue weighted by Gasteiger charge is 2.13. The molecule has 0 radical (unpaired) electrons. The minimum absolute atomic E-state index is 0.198. The molecule has 5 nitrogen and oxygen atoms in total. The molecule has 2 N–H and O–H groups in total. The molecule has 0 spiro atoms. The minimum atomic E-state index is -1.05. The zero-order valence-electron chi connectivity index (χ0n) is 20.4. The quantitative estimate of drug-likeness (QED) is 0.302. The van der Waals surface area contributed by atoms with Gasteiger partial charge in [0.25, 0.3) is 0 Å². The first-order chi connectivity index (χ1) is 16.7. The van der Waals surface area contributed by atoms with E-state index in [-0.39, 0.29) is 17.8 Å². The molecule has 3 aromatic carbocycles. The number of methoxy groups -OCH3 is 1. The van der Waals surface area contributed by atoms with Crippen molar-refractivity contribution in [1.82, 2.24) is 5.32 Å². The Bertz CT molecular complexity index is 1330. The van der Waals surface area contributed by atoms with Gasteiger partial charge in [0.1, 0.15) is 12.4 Å². The summed E-state index contributed by atoms with van der Waals surface area (Å²) in [6, 6.07) is 18.9. The highest BCUT2D eigenvalue weighted by Crippen LogP contribution is 2.28. The smallest absolute Gasteiger partial charge is 0.322 e. The molecule has 0 amide bonds. The SMILES string of the molecule is C=C(NCC(=O)O)c1ccc(C(=CC)N=C(OC)c2ccc(-c3ccccc3C)c(C)c2)cc1F. The highest BCUT2D eigenvalue weighted by atomic mass is 19.1. The molecule has 0 aliphatic heterocycles. The number of hydrogen-bond donors (Lipinski definition) is 2. The number of allylic oxidation sites excluding steroid dienone is 1. The average molecular weight is 473 g/mol. The van der Waals surface area contributed by atoms with Gasteiger partial charge in [-0.3, -0.25) is 4.79 Å². The van der Waals surface area contributed by atoms with Crippen LogP contribution in [0.4, 0.5) is 4.39 Å². The molecule has 0 fully saturated rings. The van der Waals surface area contributed by atoms with E-state index in [0.717, 1.165) is 16.7 Å². The van der Waals surface area contributed by atoms with Crippen LogP contribution in [0.3, 0.4) is 0 Å². The maximum absolute atomic E-state index is 14.8. The summed E-state index contributed by atoms with van der Waals surface area (Å²) < 4.78 is 20.4. The number of benzene rings is 3. The molecule has 0 aliphatic carbocycles. The van der Waals surface area contributed by atoms with Crippen LogP contribution in [0.1, 0.15) is 34.7 Å². The van der Waals surface area contributed by atoms with Gasteiger partial charge in [-0.25, -0.2) is 9.38 Å². The van der Waals surface area contributed by atoms with Crippen LogP contribution in [0.15, 0.2) is 78.3 Å². The van der Waals surface area contributed by atoms with Gasteiger partial charge in [0.05, 0.1) is 12.8 Å². The van der Waals surface area contributed by atoms with E-state index in [4.69, 9.17) is 9.84 Å². The first-order valence-corrected chi connectivity index (χ1v) is 11.2. The summed E-state index contributed by atoms with van der Waals surface area (Å²) in [4.78, 5) is 15.4. The second-order valence-electron chi connectivity index (χ2n) is 8.06. The zero-order chi connectivity index (χ0) is 25.5. The minimum Gasteiger partial charge on any atom is -0.481 e. The molecule has 35 heavy (non-hydrogen) atoms. The Hall–Kier alpha value is -4.19. The summed E-state index contributed by atoms with van der Waals surface area (Å²) in [6.07, 6.45) is 1.78. The van der Waals surface area contributed by atoms with Gasteiger partial charge in [-0.05, 0) is 67.3 Å². The normalized spacial score (nSPS) is 11.8. The lowest BCUT2D eigenvalue weighted by molar-refractivity contribution is -0.135.